The summed E-state index contributed by atoms with van der Waals surface area (Å²) in [4.78, 5) is 0. The number of aryl methyl sites for hydroxylation is 2. The lowest BCUT2D eigenvalue weighted by Crippen LogP contribution is -2.24. The molecule has 0 bridgehead atoms. The summed E-state index contributed by atoms with van der Waals surface area (Å²) in [7, 11) is 1.98. The van der Waals surface area contributed by atoms with Crippen LogP contribution in [-0.2, 0) is 13.5 Å². The van der Waals surface area contributed by atoms with E-state index in [4.69, 9.17) is 0 Å². The molecule has 1 heterocycles. The molecule has 0 spiro atoms. The number of hydrogen-bond donors (Lipinski definition) is 0. The molecule has 3 nitrogen and oxygen atoms in total. The van der Waals surface area contributed by atoms with Crippen LogP contribution in [0.2, 0.25) is 0 Å². The number of hydrogen-bond acceptors (Lipinski definition) is 2. The molecule has 0 amide bonds. The van der Waals surface area contributed by atoms with Crippen LogP contribution in [0, 0.1) is 23.7 Å². The molecule has 1 aliphatic rings. The number of nitrogens with zero attached hydrogens (tertiary/aromatic N) is 3. The second-order valence-electron chi connectivity index (χ2n) is 5.74. The minimum absolute atomic E-state index is 0.152. The molecule has 0 aliphatic heterocycles. The van der Waals surface area contributed by atoms with Crippen molar-refractivity contribution in [3.63, 3.8) is 0 Å². The van der Waals surface area contributed by atoms with Crippen molar-refractivity contribution in [3.05, 3.63) is 17.5 Å². The highest BCUT2D eigenvalue weighted by atomic mass is 15.3. The average Bonchev–Trinajstić information content (AvgIpc) is 2.61. The fraction of sp³-hybridized carbons (Fsp3) is 0.733. The maximum atomic E-state index is 9.64. The quantitative estimate of drug-likeness (QED) is 0.800. The van der Waals surface area contributed by atoms with Crippen molar-refractivity contribution in [3.8, 4) is 6.07 Å². The van der Waals surface area contributed by atoms with Gasteiger partial charge in [-0.05, 0) is 25.8 Å². The first-order chi connectivity index (χ1) is 8.65. The highest BCUT2D eigenvalue weighted by molar-refractivity contribution is 5.15. The predicted molar refractivity (Wildman–Crippen MR) is 72.0 cm³/mol. The van der Waals surface area contributed by atoms with Crippen molar-refractivity contribution in [2.45, 2.75) is 58.3 Å². The Morgan fingerprint density at radius 1 is 1.28 bits per heavy atom. The van der Waals surface area contributed by atoms with E-state index < -0.39 is 0 Å². The minimum Gasteiger partial charge on any atom is -0.272 e. The molecule has 0 radical (unpaired) electrons. The topological polar surface area (TPSA) is 41.6 Å². The third-order valence-electron chi connectivity index (χ3n) is 4.17. The van der Waals surface area contributed by atoms with Crippen LogP contribution >= 0.6 is 0 Å². The van der Waals surface area contributed by atoms with E-state index in [1.54, 1.807) is 0 Å². The summed E-state index contributed by atoms with van der Waals surface area (Å²) in [5.74, 6) is 0. The van der Waals surface area contributed by atoms with Gasteiger partial charge in [-0.25, -0.2) is 0 Å². The van der Waals surface area contributed by atoms with Crippen molar-refractivity contribution >= 4 is 0 Å². The summed E-state index contributed by atoms with van der Waals surface area (Å²) in [6.07, 6.45) is 9.27. The average molecular weight is 245 g/mol. The number of rotatable bonds is 2. The highest BCUT2D eigenvalue weighted by Crippen LogP contribution is 2.36. The zero-order valence-electron chi connectivity index (χ0n) is 11.6. The molecule has 0 aromatic carbocycles. The molecule has 0 N–H and O–H groups in total. The summed E-state index contributed by atoms with van der Waals surface area (Å²) in [5.41, 5.74) is 2.10. The van der Waals surface area contributed by atoms with Crippen LogP contribution in [-0.4, -0.2) is 9.78 Å². The van der Waals surface area contributed by atoms with Crippen LogP contribution < -0.4 is 0 Å². The summed E-state index contributed by atoms with van der Waals surface area (Å²) >= 11 is 0. The SMILES string of the molecule is Cc1cc(CC2(C#N)CCCCCCC2)n(C)n1. The Kier molecular flexibility index (Phi) is 4.06. The van der Waals surface area contributed by atoms with Gasteiger partial charge in [0.25, 0.3) is 0 Å². The summed E-state index contributed by atoms with van der Waals surface area (Å²) in [5, 5.41) is 14.0. The molecule has 3 heteroatoms. The summed E-state index contributed by atoms with van der Waals surface area (Å²) in [6.45, 7) is 2.01. The largest absolute Gasteiger partial charge is 0.272 e. The third kappa shape index (κ3) is 2.93. The van der Waals surface area contributed by atoms with Gasteiger partial charge in [-0.1, -0.05) is 32.1 Å². The monoisotopic (exact) mass is 245 g/mol. The van der Waals surface area contributed by atoms with Crippen molar-refractivity contribution in [2.75, 3.05) is 0 Å². The van der Waals surface area contributed by atoms with Crippen molar-refractivity contribution < 1.29 is 0 Å². The minimum atomic E-state index is -0.152. The lowest BCUT2D eigenvalue weighted by molar-refractivity contribution is 0.282. The highest BCUT2D eigenvalue weighted by Gasteiger charge is 2.31. The Morgan fingerprint density at radius 3 is 2.39 bits per heavy atom. The molecule has 1 aromatic rings. The lowest BCUT2D eigenvalue weighted by atomic mass is 9.74. The zero-order valence-corrected chi connectivity index (χ0v) is 11.6. The fourth-order valence-electron chi connectivity index (χ4n) is 3.09. The van der Waals surface area contributed by atoms with Crippen molar-refractivity contribution in [1.82, 2.24) is 9.78 Å². The van der Waals surface area contributed by atoms with E-state index in [0.29, 0.717) is 0 Å². The van der Waals surface area contributed by atoms with Gasteiger partial charge in [-0.2, -0.15) is 10.4 Å². The van der Waals surface area contributed by atoms with Crippen molar-refractivity contribution in [1.29, 1.82) is 5.26 Å². The lowest BCUT2D eigenvalue weighted by Gasteiger charge is -2.28. The van der Waals surface area contributed by atoms with Gasteiger partial charge in [0.2, 0.25) is 0 Å². The molecule has 18 heavy (non-hydrogen) atoms. The van der Waals surface area contributed by atoms with Crippen LogP contribution in [0.25, 0.3) is 0 Å². The van der Waals surface area contributed by atoms with E-state index in [0.717, 1.165) is 25.0 Å². The van der Waals surface area contributed by atoms with Gasteiger partial charge in [0.05, 0.1) is 17.2 Å². The third-order valence-corrected chi connectivity index (χ3v) is 4.17. The van der Waals surface area contributed by atoms with Crippen LogP contribution in [0.1, 0.15) is 56.3 Å². The molecule has 0 unspecified atom stereocenters. The molecule has 0 saturated heterocycles. The Bertz CT molecular complexity index is 431. The van der Waals surface area contributed by atoms with Crippen LogP contribution in [0.4, 0.5) is 0 Å². The van der Waals surface area contributed by atoms with Gasteiger partial charge in [0.1, 0.15) is 0 Å². The van der Waals surface area contributed by atoms with Gasteiger partial charge in [-0.3, -0.25) is 4.68 Å². The molecule has 1 aliphatic carbocycles. The standard InChI is InChI=1S/C15H23N3/c1-13-10-14(18(2)17-13)11-15(12-16)8-6-4-3-5-7-9-15/h10H,3-9,11H2,1-2H3. The maximum absolute atomic E-state index is 9.64. The van der Waals surface area contributed by atoms with Crippen molar-refractivity contribution in [2.24, 2.45) is 12.5 Å². The van der Waals surface area contributed by atoms with Gasteiger partial charge < -0.3 is 0 Å². The molecule has 0 atom stereocenters. The Morgan fingerprint density at radius 2 is 1.89 bits per heavy atom. The smallest absolute Gasteiger partial charge is 0.0693 e. The second-order valence-corrected chi connectivity index (χ2v) is 5.74. The first kappa shape index (κ1) is 13.1. The van der Waals surface area contributed by atoms with Crippen LogP contribution in [0.3, 0.4) is 0 Å². The Hall–Kier alpha value is -1.30. The van der Waals surface area contributed by atoms with Crippen LogP contribution in [0.15, 0.2) is 6.07 Å². The van der Waals surface area contributed by atoms with Gasteiger partial charge in [-0.15, -0.1) is 0 Å². The Labute approximate surface area is 110 Å². The van der Waals surface area contributed by atoms with E-state index in [1.807, 2.05) is 18.7 Å². The number of aromatic nitrogens is 2. The predicted octanol–water partition coefficient (Wildman–Crippen LogP) is 3.53. The zero-order chi connectivity index (χ0) is 13.0. The van der Waals surface area contributed by atoms with E-state index in [9.17, 15) is 5.26 Å². The summed E-state index contributed by atoms with van der Waals surface area (Å²) < 4.78 is 1.94. The molecule has 2 rings (SSSR count). The van der Waals surface area contributed by atoms with E-state index in [1.165, 1.54) is 37.8 Å². The molecule has 1 aromatic heterocycles. The molecular weight excluding hydrogens is 222 g/mol. The van der Waals surface area contributed by atoms with Gasteiger partial charge >= 0.3 is 0 Å². The molecule has 1 saturated carbocycles. The molecular formula is C15H23N3. The van der Waals surface area contributed by atoms with E-state index in [-0.39, 0.29) is 5.41 Å². The van der Waals surface area contributed by atoms with E-state index in [2.05, 4.69) is 17.2 Å². The van der Waals surface area contributed by atoms with Crippen LogP contribution in [0.5, 0.6) is 0 Å². The molecule has 98 valence electrons. The first-order valence-corrected chi connectivity index (χ1v) is 7.06. The van der Waals surface area contributed by atoms with Gasteiger partial charge in [0.15, 0.2) is 0 Å². The second kappa shape index (κ2) is 5.56. The maximum Gasteiger partial charge on any atom is 0.0693 e. The Balaban J connectivity index is 2.16. The fourth-order valence-corrected chi connectivity index (χ4v) is 3.09. The summed E-state index contributed by atoms with van der Waals surface area (Å²) in [6, 6.07) is 4.75. The van der Waals surface area contributed by atoms with Gasteiger partial charge in [0, 0.05) is 19.2 Å². The normalized spacial score (nSPS) is 19.8. The first-order valence-electron chi connectivity index (χ1n) is 7.06. The van der Waals surface area contributed by atoms with E-state index >= 15 is 0 Å². The number of nitriles is 1. The molecule has 1 fully saturated rings.